The Morgan fingerprint density at radius 1 is 1.24 bits per heavy atom. The van der Waals surface area contributed by atoms with Crippen LogP contribution in [0.4, 0.5) is 18.9 Å². The molecule has 2 N–H and O–H groups in total. The van der Waals surface area contributed by atoms with Crippen LogP contribution in [0, 0.1) is 0 Å². The Morgan fingerprint density at radius 2 is 2.00 bits per heavy atom. The predicted octanol–water partition coefficient (Wildman–Crippen LogP) is 3.22. The first-order valence-electron chi connectivity index (χ1n) is 7.51. The third-order valence-electron chi connectivity index (χ3n) is 3.97. The second-order valence-corrected chi connectivity index (χ2v) is 5.55. The van der Waals surface area contributed by atoms with Gasteiger partial charge in [0.25, 0.3) is 5.91 Å². The van der Waals surface area contributed by atoms with E-state index >= 15 is 0 Å². The summed E-state index contributed by atoms with van der Waals surface area (Å²) in [5.74, 6) is -0.228. The van der Waals surface area contributed by atoms with Crippen LogP contribution in [-0.2, 0) is 12.7 Å². The number of benzene rings is 2. The van der Waals surface area contributed by atoms with Gasteiger partial charge in [-0.15, -0.1) is 0 Å². The Balaban J connectivity index is 1.95. The molecular weight excluding hydrogens is 337 g/mol. The molecule has 5 nitrogen and oxygen atoms in total. The lowest BCUT2D eigenvalue weighted by atomic mass is 10.1. The summed E-state index contributed by atoms with van der Waals surface area (Å²) in [6, 6.07) is 9.90. The van der Waals surface area contributed by atoms with Gasteiger partial charge < -0.3 is 9.64 Å². The first-order valence-corrected chi connectivity index (χ1v) is 7.51. The number of rotatable bonds is 3. The highest BCUT2D eigenvalue weighted by atomic mass is 19.4. The van der Waals surface area contributed by atoms with Crippen LogP contribution in [0.25, 0.3) is 0 Å². The second kappa shape index (κ2) is 6.64. The molecule has 0 saturated heterocycles. The molecule has 0 saturated carbocycles. The van der Waals surface area contributed by atoms with Crippen LogP contribution in [0.15, 0.2) is 42.5 Å². The standard InChI is InChI=1S/C17H15F3N2O3/c18-17(19,20)13-4-2-1-3-12(13)10-22-7-8-25-15-6-5-11(9-14(15)22)16(23)21-24/h1-6,9,24H,7-8,10H2,(H,21,23). The summed E-state index contributed by atoms with van der Waals surface area (Å²) in [6.07, 6.45) is -4.44. The number of carbonyl (C=O) groups excluding carboxylic acids is 1. The average Bonchev–Trinajstić information content (AvgIpc) is 2.60. The Hall–Kier alpha value is -2.74. The number of hydrogen-bond acceptors (Lipinski definition) is 4. The summed E-state index contributed by atoms with van der Waals surface area (Å²) >= 11 is 0. The maximum absolute atomic E-state index is 13.2. The Morgan fingerprint density at radius 3 is 2.72 bits per heavy atom. The number of hydroxylamine groups is 1. The fourth-order valence-electron chi connectivity index (χ4n) is 2.78. The summed E-state index contributed by atoms with van der Waals surface area (Å²) in [5.41, 5.74) is 1.67. The number of nitrogens with zero attached hydrogens (tertiary/aromatic N) is 1. The first-order chi connectivity index (χ1) is 11.9. The molecule has 0 radical (unpaired) electrons. The van der Waals surface area contributed by atoms with Crippen molar-refractivity contribution in [1.29, 1.82) is 0 Å². The van der Waals surface area contributed by atoms with Gasteiger partial charge in [0.05, 0.1) is 17.8 Å². The third-order valence-corrected chi connectivity index (χ3v) is 3.97. The van der Waals surface area contributed by atoms with Crippen LogP contribution in [0.3, 0.4) is 0 Å². The highest BCUT2D eigenvalue weighted by Crippen LogP contribution is 2.36. The number of fused-ring (bicyclic) bond motifs is 1. The fourth-order valence-corrected chi connectivity index (χ4v) is 2.78. The molecule has 0 spiro atoms. The highest BCUT2D eigenvalue weighted by molar-refractivity contribution is 5.95. The van der Waals surface area contributed by atoms with Gasteiger partial charge in [0, 0.05) is 12.1 Å². The zero-order valence-corrected chi connectivity index (χ0v) is 13.0. The lowest BCUT2D eigenvalue weighted by molar-refractivity contribution is -0.138. The monoisotopic (exact) mass is 352 g/mol. The Bertz CT molecular complexity index is 793. The van der Waals surface area contributed by atoms with E-state index < -0.39 is 17.6 Å². The van der Waals surface area contributed by atoms with E-state index in [-0.39, 0.29) is 17.7 Å². The lowest BCUT2D eigenvalue weighted by Gasteiger charge is -2.32. The average molecular weight is 352 g/mol. The van der Waals surface area contributed by atoms with Crippen molar-refractivity contribution < 1.29 is 27.9 Å². The van der Waals surface area contributed by atoms with Gasteiger partial charge in [-0.2, -0.15) is 13.2 Å². The van der Waals surface area contributed by atoms with Crippen molar-refractivity contribution in [1.82, 2.24) is 5.48 Å². The molecule has 1 aliphatic rings. The van der Waals surface area contributed by atoms with Crippen LogP contribution in [-0.4, -0.2) is 24.3 Å². The van der Waals surface area contributed by atoms with Crippen molar-refractivity contribution in [3.05, 3.63) is 59.2 Å². The molecule has 0 atom stereocenters. The lowest BCUT2D eigenvalue weighted by Crippen LogP contribution is -2.33. The van der Waals surface area contributed by atoms with Crippen LogP contribution in [0.1, 0.15) is 21.5 Å². The van der Waals surface area contributed by atoms with E-state index in [9.17, 15) is 18.0 Å². The number of anilines is 1. The van der Waals surface area contributed by atoms with Crippen molar-refractivity contribution in [2.24, 2.45) is 0 Å². The normalized spacial score (nSPS) is 13.8. The van der Waals surface area contributed by atoms with Crippen molar-refractivity contribution in [2.75, 3.05) is 18.1 Å². The van der Waals surface area contributed by atoms with Gasteiger partial charge in [-0.1, -0.05) is 18.2 Å². The fraction of sp³-hybridized carbons (Fsp3) is 0.235. The maximum Gasteiger partial charge on any atom is 0.416 e. The molecule has 1 heterocycles. The highest BCUT2D eigenvalue weighted by Gasteiger charge is 2.33. The number of hydrogen-bond donors (Lipinski definition) is 2. The first kappa shape index (κ1) is 17.1. The molecule has 1 aliphatic heterocycles. The molecule has 25 heavy (non-hydrogen) atoms. The summed E-state index contributed by atoms with van der Waals surface area (Å²) in [6.45, 7) is 0.729. The number of alkyl halides is 3. The number of nitrogens with one attached hydrogen (secondary N) is 1. The van der Waals surface area contributed by atoms with Crippen molar-refractivity contribution in [3.8, 4) is 5.75 Å². The molecule has 132 valence electrons. The molecule has 0 bridgehead atoms. The van der Waals surface area contributed by atoms with Gasteiger partial charge in [0.1, 0.15) is 12.4 Å². The molecule has 1 amide bonds. The van der Waals surface area contributed by atoms with E-state index in [0.29, 0.717) is 24.6 Å². The summed E-state index contributed by atoms with van der Waals surface area (Å²) < 4.78 is 45.1. The molecule has 0 fully saturated rings. The van der Waals surface area contributed by atoms with Crippen molar-refractivity contribution in [3.63, 3.8) is 0 Å². The molecule has 0 aliphatic carbocycles. The number of amides is 1. The molecular formula is C17H15F3N2O3. The van der Waals surface area contributed by atoms with E-state index in [0.717, 1.165) is 6.07 Å². The van der Waals surface area contributed by atoms with E-state index in [1.807, 2.05) is 0 Å². The molecule has 0 aromatic heterocycles. The van der Waals surface area contributed by atoms with Crippen LogP contribution < -0.4 is 15.1 Å². The zero-order chi connectivity index (χ0) is 18.0. The zero-order valence-electron chi connectivity index (χ0n) is 13.0. The van der Waals surface area contributed by atoms with Crippen LogP contribution in [0.5, 0.6) is 5.75 Å². The molecule has 0 unspecified atom stereocenters. The number of halogens is 3. The van der Waals surface area contributed by atoms with Gasteiger partial charge in [-0.3, -0.25) is 10.0 Å². The minimum Gasteiger partial charge on any atom is -0.490 e. The van der Waals surface area contributed by atoms with E-state index in [4.69, 9.17) is 9.94 Å². The van der Waals surface area contributed by atoms with Crippen molar-refractivity contribution >= 4 is 11.6 Å². The summed E-state index contributed by atoms with van der Waals surface area (Å²) in [5, 5.41) is 8.75. The molecule has 3 rings (SSSR count). The van der Waals surface area contributed by atoms with Gasteiger partial charge in [0.2, 0.25) is 0 Å². The largest absolute Gasteiger partial charge is 0.490 e. The van der Waals surface area contributed by atoms with E-state index in [2.05, 4.69) is 0 Å². The molecule has 2 aromatic rings. The van der Waals surface area contributed by atoms with Crippen molar-refractivity contribution in [2.45, 2.75) is 12.7 Å². The minimum absolute atomic E-state index is 0.0240. The van der Waals surface area contributed by atoms with Gasteiger partial charge >= 0.3 is 6.18 Å². The minimum atomic E-state index is -4.44. The Labute approximate surface area is 141 Å². The Kier molecular flexibility index (Phi) is 4.54. The van der Waals surface area contributed by atoms with Gasteiger partial charge in [0.15, 0.2) is 0 Å². The third kappa shape index (κ3) is 3.53. The maximum atomic E-state index is 13.2. The summed E-state index contributed by atoms with van der Waals surface area (Å²) in [7, 11) is 0. The molecule has 8 heteroatoms. The predicted molar refractivity (Wildman–Crippen MR) is 83.7 cm³/mol. The topological polar surface area (TPSA) is 61.8 Å². The van der Waals surface area contributed by atoms with E-state index in [1.165, 1.54) is 29.7 Å². The second-order valence-electron chi connectivity index (χ2n) is 5.55. The SMILES string of the molecule is O=C(NO)c1ccc2c(c1)N(Cc1ccccc1C(F)(F)F)CCO2. The molecule has 2 aromatic carbocycles. The number of carbonyl (C=O) groups is 1. The summed E-state index contributed by atoms with van der Waals surface area (Å²) in [4.78, 5) is 13.3. The van der Waals surface area contributed by atoms with Crippen LogP contribution in [0.2, 0.25) is 0 Å². The quantitative estimate of drug-likeness (QED) is 0.658. The van der Waals surface area contributed by atoms with Gasteiger partial charge in [-0.05, 0) is 29.8 Å². The van der Waals surface area contributed by atoms with Crippen LogP contribution >= 0.6 is 0 Å². The van der Waals surface area contributed by atoms with Gasteiger partial charge in [-0.25, -0.2) is 5.48 Å². The number of ether oxygens (including phenoxy) is 1. The van der Waals surface area contributed by atoms with E-state index in [1.54, 1.807) is 17.0 Å². The smallest absolute Gasteiger partial charge is 0.416 e.